The largest absolute Gasteiger partial charge is 1.00 e. The molecular formula is C7H6F2KN. The summed E-state index contributed by atoms with van der Waals surface area (Å²) in [5.41, 5.74) is 6.58. The Labute approximate surface area is 106 Å². The van der Waals surface area contributed by atoms with Crippen molar-refractivity contribution < 1.29 is 60.2 Å². The average Bonchev–Trinajstić information content (AvgIpc) is 1.88. The van der Waals surface area contributed by atoms with E-state index in [0.717, 1.165) is 12.1 Å². The quantitative estimate of drug-likeness (QED) is 0.523. The molecule has 0 heterocycles. The number of rotatable bonds is 1. The molecule has 4 heteroatoms. The van der Waals surface area contributed by atoms with Gasteiger partial charge in [-0.05, 0) is 12.1 Å². The zero-order chi connectivity index (χ0) is 7.56. The fraction of sp³-hybridized carbons (Fsp3) is 0.143. The monoisotopic (exact) mass is 181 g/mol. The van der Waals surface area contributed by atoms with Crippen LogP contribution in [-0.2, 0) is 6.54 Å². The average molecular weight is 181 g/mol. The number of benzene rings is 1. The van der Waals surface area contributed by atoms with Gasteiger partial charge in [0.25, 0.3) is 0 Å². The minimum atomic E-state index is -0.644. The number of nitrogens with one attached hydrogen (secondary N) is 1. The third-order valence-electron chi connectivity index (χ3n) is 1.24. The van der Waals surface area contributed by atoms with Crippen LogP contribution in [0.5, 0.6) is 0 Å². The first-order valence-corrected chi connectivity index (χ1v) is 2.83. The van der Waals surface area contributed by atoms with E-state index in [1.807, 2.05) is 0 Å². The molecule has 11 heavy (non-hydrogen) atoms. The van der Waals surface area contributed by atoms with Crippen molar-refractivity contribution in [3.05, 3.63) is 41.1 Å². The third kappa shape index (κ3) is 2.89. The molecule has 0 aromatic heterocycles. The molecule has 0 aliphatic heterocycles. The molecule has 0 saturated heterocycles. The van der Waals surface area contributed by atoms with E-state index in [1.54, 1.807) is 0 Å². The van der Waals surface area contributed by atoms with Gasteiger partial charge in [-0.25, -0.2) is 8.78 Å². The van der Waals surface area contributed by atoms with Gasteiger partial charge in [-0.3, -0.25) is 0 Å². The first kappa shape index (κ1) is 11.7. The molecule has 1 aromatic carbocycles. The standard InChI is InChI=1S/C7H6F2N.K/c8-6-2-1-3-7(9)5(6)4-10;/h1-3,10H,4H2;/q-1;+1. The van der Waals surface area contributed by atoms with Crippen LogP contribution >= 0.6 is 0 Å². The van der Waals surface area contributed by atoms with Crippen molar-refractivity contribution in [2.24, 2.45) is 0 Å². The van der Waals surface area contributed by atoms with Gasteiger partial charge in [0.1, 0.15) is 11.6 Å². The summed E-state index contributed by atoms with van der Waals surface area (Å²) in [6.07, 6.45) is 0. The Balaban J connectivity index is 0.000001000. The maximum Gasteiger partial charge on any atom is 1.00 e. The van der Waals surface area contributed by atoms with Crippen LogP contribution in [0.15, 0.2) is 18.2 Å². The maximum absolute atomic E-state index is 12.5. The van der Waals surface area contributed by atoms with E-state index in [4.69, 9.17) is 5.73 Å². The van der Waals surface area contributed by atoms with Gasteiger partial charge in [0.15, 0.2) is 0 Å². The van der Waals surface area contributed by atoms with Gasteiger partial charge in [-0.15, -0.1) is 6.54 Å². The fourth-order valence-corrected chi connectivity index (χ4v) is 0.701. The minimum Gasteiger partial charge on any atom is -0.673 e. The van der Waals surface area contributed by atoms with Gasteiger partial charge < -0.3 is 5.73 Å². The molecule has 0 atom stereocenters. The Morgan fingerprint density at radius 3 is 1.91 bits per heavy atom. The molecule has 0 aliphatic rings. The summed E-state index contributed by atoms with van der Waals surface area (Å²) in [5, 5.41) is 0. The van der Waals surface area contributed by atoms with Gasteiger partial charge in [0.05, 0.1) is 0 Å². The molecule has 1 N–H and O–H groups in total. The van der Waals surface area contributed by atoms with Crippen molar-refractivity contribution in [3.63, 3.8) is 0 Å². The summed E-state index contributed by atoms with van der Waals surface area (Å²) in [7, 11) is 0. The van der Waals surface area contributed by atoms with Gasteiger partial charge in [0.2, 0.25) is 0 Å². The second-order valence-electron chi connectivity index (χ2n) is 1.88. The van der Waals surface area contributed by atoms with Crippen molar-refractivity contribution >= 4 is 0 Å². The molecule has 1 rings (SSSR count). The second-order valence-corrected chi connectivity index (χ2v) is 1.88. The number of hydrogen-bond acceptors (Lipinski definition) is 0. The van der Waals surface area contributed by atoms with E-state index < -0.39 is 11.6 Å². The van der Waals surface area contributed by atoms with E-state index >= 15 is 0 Å². The Morgan fingerprint density at radius 2 is 1.64 bits per heavy atom. The van der Waals surface area contributed by atoms with E-state index in [9.17, 15) is 8.78 Å². The van der Waals surface area contributed by atoms with Crippen LogP contribution in [0, 0.1) is 11.6 Å². The number of hydrogen-bond donors (Lipinski definition) is 0. The molecule has 0 spiro atoms. The van der Waals surface area contributed by atoms with Crippen molar-refractivity contribution in [2.45, 2.75) is 6.54 Å². The van der Waals surface area contributed by atoms with Crippen LogP contribution in [0.2, 0.25) is 0 Å². The number of halogens is 2. The van der Waals surface area contributed by atoms with Crippen molar-refractivity contribution in [2.75, 3.05) is 0 Å². The predicted octanol–water partition coefficient (Wildman–Crippen LogP) is -0.479. The van der Waals surface area contributed by atoms with Crippen LogP contribution < -0.4 is 51.4 Å². The molecule has 0 amide bonds. The summed E-state index contributed by atoms with van der Waals surface area (Å²) >= 11 is 0. The molecule has 1 aromatic rings. The van der Waals surface area contributed by atoms with E-state index in [0.29, 0.717) is 0 Å². The first-order valence-electron chi connectivity index (χ1n) is 2.83. The zero-order valence-electron chi connectivity index (χ0n) is 6.20. The van der Waals surface area contributed by atoms with E-state index in [-0.39, 0.29) is 63.5 Å². The van der Waals surface area contributed by atoms with Crippen LogP contribution in [-0.4, -0.2) is 0 Å². The SMILES string of the molecule is [K+].[NH-]Cc1c(F)cccc1F. The van der Waals surface area contributed by atoms with Crippen LogP contribution in [0.25, 0.3) is 5.73 Å². The van der Waals surface area contributed by atoms with Gasteiger partial charge in [-0.2, -0.15) is 0 Å². The van der Waals surface area contributed by atoms with Crippen LogP contribution in [0.1, 0.15) is 5.56 Å². The van der Waals surface area contributed by atoms with E-state index in [2.05, 4.69) is 0 Å². The Bertz CT molecular complexity index is 220. The summed E-state index contributed by atoms with van der Waals surface area (Å²) in [4.78, 5) is 0. The van der Waals surface area contributed by atoms with Crippen molar-refractivity contribution in [1.82, 2.24) is 0 Å². The molecule has 0 radical (unpaired) electrons. The van der Waals surface area contributed by atoms with Gasteiger partial charge in [0, 0.05) is 5.56 Å². The molecule has 0 unspecified atom stereocenters. The third-order valence-corrected chi connectivity index (χ3v) is 1.24. The molecular weight excluding hydrogens is 175 g/mol. The zero-order valence-corrected chi connectivity index (χ0v) is 9.32. The van der Waals surface area contributed by atoms with Crippen molar-refractivity contribution in [1.29, 1.82) is 0 Å². The van der Waals surface area contributed by atoms with Crippen molar-refractivity contribution in [3.8, 4) is 0 Å². The van der Waals surface area contributed by atoms with Gasteiger partial charge in [-0.1, -0.05) is 6.07 Å². The molecule has 0 bridgehead atoms. The fourth-order valence-electron chi connectivity index (χ4n) is 0.701. The first-order chi connectivity index (χ1) is 4.75. The predicted molar refractivity (Wildman–Crippen MR) is 34.4 cm³/mol. The Morgan fingerprint density at radius 1 is 1.18 bits per heavy atom. The molecule has 1 nitrogen and oxygen atoms in total. The molecule has 0 fully saturated rings. The molecule has 0 aliphatic carbocycles. The molecule has 54 valence electrons. The van der Waals surface area contributed by atoms with Crippen LogP contribution in [0.3, 0.4) is 0 Å². The van der Waals surface area contributed by atoms with Crippen LogP contribution in [0.4, 0.5) is 8.78 Å². The maximum atomic E-state index is 12.5. The van der Waals surface area contributed by atoms with Gasteiger partial charge >= 0.3 is 51.4 Å². The second kappa shape index (κ2) is 5.34. The Kier molecular flexibility index (Phi) is 5.67. The van der Waals surface area contributed by atoms with E-state index in [1.165, 1.54) is 6.07 Å². The smallest absolute Gasteiger partial charge is 0.673 e. The Hall–Kier alpha value is 0.676. The summed E-state index contributed by atoms with van der Waals surface area (Å²) in [6.45, 7) is -0.349. The molecule has 0 saturated carbocycles. The normalized spacial score (nSPS) is 9.00. The minimum absolute atomic E-state index is 0. The summed E-state index contributed by atoms with van der Waals surface area (Å²) in [6, 6.07) is 3.57. The topological polar surface area (TPSA) is 23.8 Å². The summed E-state index contributed by atoms with van der Waals surface area (Å²) < 4.78 is 25.0. The summed E-state index contributed by atoms with van der Waals surface area (Å²) in [5.74, 6) is -1.29.